The van der Waals surface area contributed by atoms with Crippen LogP contribution in [0.4, 0.5) is 5.95 Å². The van der Waals surface area contributed by atoms with Gasteiger partial charge in [-0.2, -0.15) is 9.97 Å². The van der Waals surface area contributed by atoms with Crippen molar-refractivity contribution in [2.75, 3.05) is 11.9 Å². The molecule has 264 valence electrons. The highest BCUT2D eigenvalue weighted by Gasteiger charge is 2.39. The van der Waals surface area contributed by atoms with Crippen LogP contribution >= 0.6 is 7.82 Å². The molecule has 3 aromatic carbocycles. The maximum atomic E-state index is 13.9. The molecule has 1 fully saturated rings. The molecule has 3 heterocycles. The molecule has 0 spiro atoms. The predicted octanol–water partition coefficient (Wildman–Crippen LogP) is 7.52. The quantitative estimate of drug-likeness (QED) is 0.0464. The second kappa shape index (κ2) is 16.7. The lowest BCUT2D eigenvalue weighted by atomic mass is 10.1. The Morgan fingerprint density at radius 3 is 2.10 bits per heavy atom. The van der Waals surface area contributed by atoms with Crippen LogP contribution in [0.15, 0.2) is 102 Å². The van der Waals surface area contributed by atoms with E-state index in [4.69, 9.17) is 23.0 Å². The summed E-state index contributed by atoms with van der Waals surface area (Å²) in [6.45, 7) is 3.40. The van der Waals surface area contributed by atoms with Gasteiger partial charge < -0.3 is 9.47 Å². The van der Waals surface area contributed by atoms with E-state index >= 15 is 0 Å². The van der Waals surface area contributed by atoms with E-state index in [9.17, 15) is 14.9 Å². The lowest BCUT2D eigenvalue weighted by Crippen LogP contribution is -2.25. The van der Waals surface area contributed by atoms with E-state index in [1.54, 1.807) is 18.4 Å². The number of ether oxygens (including phenoxy) is 2. The van der Waals surface area contributed by atoms with E-state index in [2.05, 4.69) is 30.3 Å². The van der Waals surface area contributed by atoms with Crippen LogP contribution in [-0.2, 0) is 47.5 Å². The third-order valence-corrected chi connectivity index (χ3v) is 9.30. The number of nitrogens with zero attached hydrogens (tertiary/aromatic N) is 7. The first-order valence-corrected chi connectivity index (χ1v) is 17.8. The molecule has 16 heteroatoms. The first-order chi connectivity index (χ1) is 24.8. The van der Waals surface area contributed by atoms with Gasteiger partial charge in [-0.3, -0.25) is 28.2 Å². The van der Waals surface area contributed by atoms with Crippen molar-refractivity contribution in [1.29, 1.82) is 0 Å². The van der Waals surface area contributed by atoms with Gasteiger partial charge in [0.2, 0.25) is 17.7 Å². The Balaban J connectivity index is 1.23. The Morgan fingerprint density at radius 2 is 1.53 bits per heavy atom. The summed E-state index contributed by atoms with van der Waals surface area (Å²) >= 11 is 0. The average molecular weight is 713 g/mol. The molecule has 2 aromatic heterocycles. The fourth-order valence-corrected chi connectivity index (χ4v) is 6.36. The minimum Gasteiger partial charge on any atom is -0.471 e. The van der Waals surface area contributed by atoms with Gasteiger partial charge in [0, 0.05) is 17.3 Å². The maximum Gasteiger partial charge on any atom is 0.475 e. The summed E-state index contributed by atoms with van der Waals surface area (Å²) in [5, 5.41) is 6.68. The number of rotatable bonds is 16. The van der Waals surface area contributed by atoms with Gasteiger partial charge in [0.25, 0.3) is 0 Å². The molecule has 1 aliphatic heterocycles. The van der Waals surface area contributed by atoms with Crippen molar-refractivity contribution >= 4 is 30.8 Å². The van der Waals surface area contributed by atoms with Crippen LogP contribution in [-0.4, -0.2) is 44.2 Å². The summed E-state index contributed by atoms with van der Waals surface area (Å²) in [5.74, 6) is -0.405. The first-order valence-electron chi connectivity index (χ1n) is 16.3. The molecule has 51 heavy (non-hydrogen) atoms. The van der Waals surface area contributed by atoms with E-state index in [-0.39, 0.29) is 56.5 Å². The van der Waals surface area contributed by atoms with E-state index in [1.165, 1.54) is 6.33 Å². The van der Waals surface area contributed by atoms with Gasteiger partial charge in [-0.25, -0.2) is 9.55 Å². The van der Waals surface area contributed by atoms with Crippen LogP contribution in [0.1, 0.15) is 43.2 Å². The highest BCUT2D eigenvalue weighted by Crippen LogP contribution is 2.52. The topological polar surface area (TPSA) is 185 Å². The smallest absolute Gasteiger partial charge is 0.471 e. The number of aromatic nitrogens is 4. The van der Waals surface area contributed by atoms with Crippen LogP contribution in [0, 0.1) is 5.92 Å². The Hall–Kier alpha value is -5.14. The zero-order chi connectivity index (χ0) is 35.6. The monoisotopic (exact) mass is 712 g/mol. The predicted molar refractivity (Wildman–Crippen MR) is 187 cm³/mol. The minimum atomic E-state index is -4.15. The number of anilines is 1. The van der Waals surface area contributed by atoms with Gasteiger partial charge in [-0.05, 0) is 22.2 Å². The van der Waals surface area contributed by atoms with Crippen LogP contribution in [0.25, 0.3) is 21.6 Å². The molecule has 3 atom stereocenters. The number of benzene rings is 3. The third kappa shape index (κ3) is 9.35. The van der Waals surface area contributed by atoms with E-state index in [0.717, 1.165) is 16.7 Å². The van der Waals surface area contributed by atoms with E-state index < -0.39 is 26.2 Å². The number of fused-ring (bicyclic) bond motifs is 1. The summed E-state index contributed by atoms with van der Waals surface area (Å²) in [6, 6.07) is 27.3. The average Bonchev–Trinajstić information content (AvgIpc) is 3.77. The molecule has 0 bridgehead atoms. The van der Waals surface area contributed by atoms with Crippen molar-refractivity contribution in [2.45, 2.75) is 58.5 Å². The molecule has 6 rings (SSSR count). The van der Waals surface area contributed by atoms with Crippen LogP contribution < -0.4 is 10.1 Å². The van der Waals surface area contributed by atoms with Gasteiger partial charge in [0.1, 0.15) is 12.8 Å². The zero-order valence-electron chi connectivity index (χ0n) is 28.0. The van der Waals surface area contributed by atoms with E-state index in [1.807, 2.05) is 91.0 Å². The first kappa shape index (κ1) is 35.7. The number of hydrogen-bond acceptors (Lipinski definition) is 11. The van der Waals surface area contributed by atoms with Crippen molar-refractivity contribution in [3.63, 3.8) is 0 Å². The van der Waals surface area contributed by atoms with Crippen LogP contribution in [0.5, 0.6) is 5.88 Å². The third-order valence-electron chi connectivity index (χ3n) is 7.94. The number of hydrogen-bond donors (Lipinski definition) is 1. The molecule has 0 saturated carbocycles. The largest absolute Gasteiger partial charge is 0.475 e. The second-order valence-corrected chi connectivity index (χ2v) is 13.7. The number of amides is 1. The molecule has 5 aromatic rings. The summed E-state index contributed by atoms with van der Waals surface area (Å²) < 4.78 is 45.3. The number of imidazole rings is 1. The standard InChI is InChI=1S/C35H37N8O7P/c1-24(2)33(44)39-35-38-32-31(34(40-35)46-19-25-12-6-3-7-13-25)37-23-43(32)30-18-28(41-42-36)29(50-30)22-49-51(45,47-20-26-14-8-4-9-15-26)48-21-27-16-10-5-11-17-27/h3-17,23-24,28-30H,18-22H2,1-2H3,(H,38,39,40,44)/t28-,29+,30+/m0/s1. The molecule has 1 N–H and O–H groups in total. The molecule has 1 aliphatic rings. The Morgan fingerprint density at radius 1 is 0.941 bits per heavy atom. The van der Waals surface area contributed by atoms with Crippen LogP contribution in [0.3, 0.4) is 0 Å². The molecule has 1 amide bonds. The summed E-state index contributed by atoms with van der Waals surface area (Å²) in [5.41, 5.74) is 12.5. The van der Waals surface area contributed by atoms with Crippen molar-refractivity contribution < 1.29 is 32.4 Å². The Bertz CT molecular complexity index is 1960. The van der Waals surface area contributed by atoms with Crippen molar-refractivity contribution in [3.8, 4) is 5.88 Å². The molecular formula is C35H37N8O7P. The van der Waals surface area contributed by atoms with Crippen molar-refractivity contribution in [1.82, 2.24) is 19.5 Å². The number of azide groups is 1. The van der Waals surface area contributed by atoms with Crippen LogP contribution in [0.2, 0.25) is 0 Å². The number of carbonyl (C=O) groups is 1. The lowest BCUT2D eigenvalue weighted by Gasteiger charge is -2.21. The molecule has 15 nitrogen and oxygen atoms in total. The number of phosphoric ester groups is 1. The van der Waals surface area contributed by atoms with Gasteiger partial charge >= 0.3 is 7.82 Å². The molecule has 1 saturated heterocycles. The zero-order valence-corrected chi connectivity index (χ0v) is 28.9. The number of nitrogens with one attached hydrogen (secondary N) is 1. The van der Waals surface area contributed by atoms with Crippen molar-refractivity contribution in [2.24, 2.45) is 11.0 Å². The fraction of sp³-hybridized carbons (Fsp3) is 0.314. The number of carbonyl (C=O) groups excluding carboxylic acids is 1. The van der Waals surface area contributed by atoms with Crippen molar-refractivity contribution in [3.05, 3.63) is 124 Å². The highest BCUT2D eigenvalue weighted by molar-refractivity contribution is 7.48. The Labute approximate surface area is 294 Å². The van der Waals surface area contributed by atoms with Gasteiger partial charge in [0.15, 0.2) is 11.2 Å². The normalized spacial score (nSPS) is 17.4. The second-order valence-electron chi connectivity index (χ2n) is 12.0. The molecule has 0 unspecified atom stereocenters. The molecular weight excluding hydrogens is 675 g/mol. The maximum absolute atomic E-state index is 13.9. The molecule has 0 radical (unpaired) electrons. The summed E-state index contributed by atoms with van der Waals surface area (Å²) in [6.07, 6.45) is 0.148. The Kier molecular flexibility index (Phi) is 11.7. The van der Waals surface area contributed by atoms with Gasteiger partial charge in [-0.15, -0.1) is 0 Å². The van der Waals surface area contributed by atoms with Gasteiger partial charge in [0.05, 0.1) is 38.3 Å². The lowest BCUT2D eigenvalue weighted by molar-refractivity contribution is -0.118. The number of phosphoric acid groups is 1. The molecule has 0 aliphatic carbocycles. The summed E-state index contributed by atoms with van der Waals surface area (Å²) in [7, 11) is -4.15. The van der Waals surface area contributed by atoms with E-state index in [0.29, 0.717) is 11.2 Å². The van der Waals surface area contributed by atoms with Gasteiger partial charge in [-0.1, -0.05) is 110 Å². The fourth-order valence-electron chi connectivity index (χ4n) is 5.19. The minimum absolute atomic E-state index is 0.0219. The SMILES string of the molecule is CC(C)C(=O)Nc1nc(OCc2ccccc2)c2ncn([C@H]3C[C@H](N=[N+]=[N-])[C@@H](COP(=O)(OCc4ccccc4)OCc4ccccc4)O3)c2n1. The highest BCUT2D eigenvalue weighted by atomic mass is 31.2. The summed E-state index contributed by atoms with van der Waals surface area (Å²) in [4.78, 5) is 29.2.